The van der Waals surface area contributed by atoms with E-state index in [-0.39, 0.29) is 19.9 Å². The summed E-state index contributed by atoms with van der Waals surface area (Å²) in [5.41, 5.74) is 1.22. The van der Waals surface area contributed by atoms with E-state index in [9.17, 15) is 14.4 Å². The fourth-order valence-electron chi connectivity index (χ4n) is 0.909. The number of rotatable bonds is 2. The van der Waals surface area contributed by atoms with Crippen LogP contribution in [0.5, 0.6) is 0 Å². The zero-order valence-electron chi connectivity index (χ0n) is 11.9. The van der Waals surface area contributed by atoms with Crippen molar-refractivity contribution in [3.8, 4) is 0 Å². The predicted molar refractivity (Wildman–Crippen MR) is 78.4 cm³/mol. The predicted octanol–water partition coefficient (Wildman–Crippen LogP) is 3.15. The van der Waals surface area contributed by atoms with Crippen LogP contribution in [0.4, 0.5) is 0 Å². The molecule has 0 aliphatic rings. The summed E-state index contributed by atoms with van der Waals surface area (Å²) in [6.07, 6.45) is 0. The van der Waals surface area contributed by atoms with Crippen LogP contribution in [0.25, 0.3) is 0 Å². The number of ether oxygens (including phenoxy) is 2. The second-order valence-electron chi connectivity index (χ2n) is 3.01. The molecule has 0 fully saturated rings. The minimum Gasteiger partial charge on any atom is -0.469 e. The third kappa shape index (κ3) is 11.0. The van der Waals surface area contributed by atoms with Crippen molar-refractivity contribution in [3.05, 3.63) is 35.4 Å². The van der Waals surface area contributed by atoms with E-state index < -0.39 is 5.97 Å². The molecule has 0 N–H and O–H groups in total. The third-order valence-electron chi connectivity index (χ3n) is 1.81. The number of esters is 2. The van der Waals surface area contributed by atoms with Gasteiger partial charge in [0.25, 0.3) is 0 Å². The smallest absolute Gasteiger partial charge is 0.345 e. The van der Waals surface area contributed by atoms with Gasteiger partial charge < -0.3 is 9.47 Å². The van der Waals surface area contributed by atoms with Crippen molar-refractivity contribution in [1.82, 2.24) is 0 Å². The van der Waals surface area contributed by atoms with Gasteiger partial charge >= 0.3 is 18.4 Å². The lowest BCUT2D eigenvalue weighted by atomic mass is 10.1. The van der Waals surface area contributed by atoms with Crippen LogP contribution in [0.3, 0.4) is 0 Å². The Morgan fingerprint density at radius 1 is 1.15 bits per heavy atom. The number of carbonyl (C=O) groups excluding carboxylic acids is 3. The zero-order valence-corrected chi connectivity index (χ0v) is 11.9. The highest BCUT2D eigenvalue weighted by molar-refractivity contribution is 5.94. The number of hydrogen-bond donors (Lipinski definition) is 0. The maximum Gasteiger partial charge on any atom is 0.345 e. The second-order valence-corrected chi connectivity index (χ2v) is 3.01. The van der Waals surface area contributed by atoms with Crippen LogP contribution in [-0.2, 0) is 19.1 Å². The summed E-state index contributed by atoms with van der Waals surface area (Å²) in [5.74, 6) is -0.854. The first-order chi connectivity index (χ1) is 9.02. The molecule has 0 radical (unpaired) electrons. The Morgan fingerprint density at radius 2 is 1.60 bits per heavy atom. The molecular weight excluding hydrogens is 260 g/mol. The molecule has 0 heterocycles. The maximum absolute atomic E-state index is 11.0. The van der Waals surface area contributed by atoms with Gasteiger partial charge in [0.05, 0.1) is 12.7 Å². The SMILES string of the molecule is C.CC.COC(C)=O.Cc1ccccc1C(=O)OC=O. The number of hydrogen-bond acceptors (Lipinski definition) is 5. The Bertz CT molecular complexity index is 399. The highest BCUT2D eigenvalue weighted by Gasteiger charge is 2.07. The third-order valence-corrected chi connectivity index (χ3v) is 1.81. The molecule has 5 heteroatoms. The van der Waals surface area contributed by atoms with E-state index >= 15 is 0 Å². The Labute approximate surface area is 120 Å². The second kappa shape index (κ2) is 14.9. The van der Waals surface area contributed by atoms with E-state index in [4.69, 9.17) is 0 Å². The largest absolute Gasteiger partial charge is 0.469 e. The van der Waals surface area contributed by atoms with Crippen LogP contribution in [0.2, 0.25) is 0 Å². The maximum atomic E-state index is 11.0. The molecule has 0 amide bonds. The lowest BCUT2D eigenvalue weighted by Gasteiger charge is -2.00. The van der Waals surface area contributed by atoms with E-state index in [0.717, 1.165) is 5.56 Å². The molecule has 0 saturated carbocycles. The van der Waals surface area contributed by atoms with Crippen molar-refractivity contribution in [1.29, 1.82) is 0 Å². The summed E-state index contributed by atoms with van der Waals surface area (Å²) < 4.78 is 8.30. The molecule has 0 aliphatic carbocycles. The minimum absolute atomic E-state index is 0. The van der Waals surface area contributed by atoms with Crippen molar-refractivity contribution in [2.75, 3.05) is 7.11 Å². The van der Waals surface area contributed by atoms with Crippen LogP contribution in [0.15, 0.2) is 24.3 Å². The molecule has 1 aromatic rings. The van der Waals surface area contributed by atoms with Crippen LogP contribution in [0, 0.1) is 6.92 Å². The Hall–Kier alpha value is -2.17. The van der Waals surface area contributed by atoms with Gasteiger partial charge in [-0.2, -0.15) is 0 Å². The average molecular weight is 284 g/mol. The van der Waals surface area contributed by atoms with Crippen molar-refractivity contribution < 1.29 is 23.9 Å². The van der Waals surface area contributed by atoms with E-state index in [1.807, 2.05) is 19.9 Å². The monoisotopic (exact) mass is 284 g/mol. The first kappa shape index (κ1) is 23.0. The fraction of sp³-hybridized carbons (Fsp3) is 0.400. The molecule has 0 bridgehead atoms. The van der Waals surface area contributed by atoms with Crippen LogP contribution >= 0.6 is 0 Å². The van der Waals surface area contributed by atoms with Gasteiger partial charge in [-0.3, -0.25) is 9.59 Å². The lowest BCUT2D eigenvalue weighted by molar-refractivity contribution is -0.138. The van der Waals surface area contributed by atoms with Crippen molar-refractivity contribution in [2.24, 2.45) is 0 Å². The van der Waals surface area contributed by atoms with E-state index in [1.54, 1.807) is 25.1 Å². The van der Waals surface area contributed by atoms with Gasteiger partial charge in [-0.1, -0.05) is 39.5 Å². The van der Waals surface area contributed by atoms with E-state index in [0.29, 0.717) is 5.56 Å². The topological polar surface area (TPSA) is 69.7 Å². The fourth-order valence-corrected chi connectivity index (χ4v) is 0.909. The summed E-state index contributed by atoms with van der Waals surface area (Å²) in [6.45, 7) is 7.27. The first-order valence-electron chi connectivity index (χ1n) is 5.77. The molecule has 20 heavy (non-hydrogen) atoms. The van der Waals surface area contributed by atoms with E-state index in [1.165, 1.54) is 14.0 Å². The molecule has 1 rings (SSSR count). The number of methoxy groups -OCH3 is 1. The van der Waals surface area contributed by atoms with Gasteiger partial charge in [-0.05, 0) is 18.6 Å². The summed E-state index contributed by atoms with van der Waals surface area (Å²) in [6, 6.07) is 6.92. The zero-order chi connectivity index (χ0) is 15.3. The van der Waals surface area contributed by atoms with Gasteiger partial charge in [-0.15, -0.1) is 0 Å². The summed E-state index contributed by atoms with van der Waals surface area (Å²) >= 11 is 0. The van der Waals surface area contributed by atoms with Crippen LogP contribution < -0.4 is 0 Å². The highest BCUT2D eigenvalue weighted by Crippen LogP contribution is 2.07. The number of benzene rings is 1. The molecule has 0 aromatic heterocycles. The van der Waals surface area contributed by atoms with Crippen molar-refractivity contribution in [3.63, 3.8) is 0 Å². The van der Waals surface area contributed by atoms with Crippen LogP contribution in [-0.4, -0.2) is 25.5 Å². The van der Waals surface area contributed by atoms with Crippen molar-refractivity contribution in [2.45, 2.75) is 35.1 Å². The number of aryl methyl sites for hydroxylation is 1. The molecule has 5 nitrogen and oxygen atoms in total. The Kier molecular flexibility index (Phi) is 17.1. The summed E-state index contributed by atoms with van der Waals surface area (Å²) in [5, 5.41) is 0. The summed E-state index contributed by atoms with van der Waals surface area (Å²) in [7, 11) is 1.35. The van der Waals surface area contributed by atoms with Gasteiger partial charge in [-0.25, -0.2) is 4.79 Å². The average Bonchev–Trinajstić information content (AvgIpc) is 2.42. The normalized spacial score (nSPS) is 7.45. The van der Waals surface area contributed by atoms with Crippen LogP contribution in [0.1, 0.15) is 44.1 Å². The number of carbonyl (C=O) groups is 3. The lowest BCUT2D eigenvalue weighted by Crippen LogP contribution is -2.04. The van der Waals surface area contributed by atoms with E-state index in [2.05, 4.69) is 9.47 Å². The molecule has 114 valence electrons. The molecule has 0 atom stereocenters. The Morgan fingerprint density at radius 3 is 1.95 bits per heavy atom. The van der Waals surface area contributed by atoms with Crippen molar-refractivity contribution >= 4 is 18.4 Å². The molecule has 0 aliphatic heterocycles. The van der Waals surface area contributed by atoms with Gasteiger partial charge in [0.1, 0.15) is 0 Å². The minimum atomic E-state index is -0.608. The Balaban J connectivity index is -0.000000310. The molecule has 1 aromatic carbocycles. The molecule has 0 spiro atoms. The molecule has 0 saturated heterocycles. The standard InChI is InChI=1S/C9H8O3.C3H6O2.C2H6.CH4/c1-7-4-2-3-5-8(7)9(11)12-6-10;1-3(4)5-2;1-2;/h2-6H,1H3;1-2H3;1-2H3;1H4. The van der Waals surface area contributed by atoms with Gasteiger partial charge in [0.15, 0.2) is 0 Å². The van der Waals surface area contributed by atoms with Gasteiger partial charge in [0, 0.05) is 6.92 Å². The molecule has 0 unspecified atom stereocenters. The molecular formula is C15H24O5. The quantitative estimate of drug-likeness (QED) is 0.474. The first-order valence-corrected chi connectivity index (χ1v) is 5.77. The highest BCUT2D eigenvalue weighted by atomic mass is 16.6. The van der Waals surface area contributed by atoms with Gasteiger partial charge in [0.2, 0.25) is 0 Å². The summed E-state index contributed by atoms with van der Waals surface area (Å²) in [4.78, 5) is 30.5.